The lowest BCUT2D eigenvalue weighted by Gasteiger charge is -2.15. The molecule has 1 heterocycles. The van der Waals surface area contributed by atoms with E-state index in [0.29, 0.717) is 30.6 Å². The second kappa shape index (κ2) is 4.33. The summed E-state index contributed by atoms with van der Waals surface area (Å²) in [6, 6.07) is 8.54. The molecule has 2 rings (SSSR count). The van der Waals surface area contributed by atoms with Crippen molar-refractivity contribution in [2.24, 2.45) is 0 Å². The molecule has 0 spiro atoms. The van der Waals surface area contributed by atoms with E-state index in [2.05, 4.69) is 0 Å². The number of carbonyl (C=O) groups excluding carboxylic acids is 1. The molecular weight excluding hydrogens is 204 g/mol. The number of hydrogen-bond acceptors (Lipinski definition) is 3. The smallest absolute Gasteiger partial charge is 0.253 e. The average Bonchev–Trinajstić information content (AvgIpc) is 2.75. The van der Waals surface area contributed by atoms with E-state index >= 15 is 0 Å². The maximum atomic E-state index is 11.9. The van der Waals surface area contributed by atoms with Crippen LogP contribution >= 0.6 is 0 Å². The van der Waals surface area contributed by atoms with Crippen molar-refractivity contribution in [2.75, 3.05) is 13.1 Å². The largest absolute Gasteiger partial charge is 0.391 e. The highest BCUT2D eigenvalue weighted by molar-refractivity contribution is 5.94. The summed E-state index contributed by atoms with van der Waals surface area (Å²) in [5.74, 6) is -0.0824. The Morgan fingerprint density at radius 2 is 2.12 bits per heavy atom. The Labute approximate surface area is 93.7 Å². The Kier molecular flexibility index (Phi) is 2.88. The van der Waals surface area contributed by atoms with Gasteiger partial charge in [-0.2, -0.15) is 5.26 Å². The van der Waals surface area contributed by atoms with Gasteiger partial charge in [-0.05, 0) is 30.7 Å². The van der Waals surface area contributed by atoms with Crippen molar-refractivity contribution in [1.82, 2.24) is 4.90 Å². The summed E-state index contributed by atoms with van der Waals surface area (Å²) in [4.78, 5) is 13.6. The first kappa shape index (κ1) is 10.7. The minimum absolute atomic E-state index is 0.0824. The number of nitriles is 1. The lowest BCUT2D eigenvalue weighted by molar-refractivity contribution is 0.0765. The van der Waals surface area contributed by atoms with E-state index in [0.717, 1.165) is 0 Å². The Morgan fingerprint density at radius 1 is 1.44 bits per heavy atom. The number of benzene rings is 1. The number of carbonyl (C=O) groups is 1. The summed E-state index contributed by atoms with van der Waals surface area (Å²) in [5, 5.41) is 18.0. The van der Waals surface area contributed by atoms with Gasteiger partial charge in [0.1, 0.15) is 0 Å². The molecule has 0 saturated carbocycles. The Hall–Kier alpha value is -1.86. The van der Waals surface area contributed by atoms with Crippen LogP contribution < -0.4 is 0 Å². The van der Waals surface area contributed by atoms with Crippen LogP contribution in [0, 0.1) is 11.3 Å². The normalized spacial score (nSPS) is 19.5. The summed E-state index contributed by atoms with van der Waals surface area (Å²) < 4.78 is 0. The van der Waals surface area contributed by atoms with Crippen molar-refractivity contribution in [3.63, 3.8) is 0 Å². The van der Waals surface area contributed by atoms with Gasteiger partial charge in [0, 0.05) is 18.7 Å². The lowest BCUT2D eigenvalue weighted by Crippen LogP contribution is -2.29. The van der Waals surface area contributed by atoms with Crippen LogP contribution in [-0.2, 0) is 0 Å². The molecule has 1 aliphatic rings. The van der Waals surface area contributed by atoms with Crippen LogP contribution in [0.2, 0.25) is 0 Å². The van der Waals surface area contributed by atoms with Crippen LogP contribution in [0.25, 0.3) is 0 Å². The highest BCUT2D eigenvalue weighted by atomic mass is 16.3. The molecule has 82 valence electrons. The third-order valence-electron chi connectivity index (χ3n) is 2.71. The van der Waals surface area contributed by atoms with Gasteiger partial charge in [-0.1, -0.05) is 0 Å². The average molecular weight is 216 g/mol. The van der Waals surface area contributed by atoms with Crippen LogP contribution in [0.3, 0.4) is 0 Å². The van der Waals surface area contributed by atoms with Gasteiger partial charge < -0.3 is 10.0 Å². The predicted molar refractivity (Wildman–Crippen MR) is 57.7 cm³/mol. The molecule has 0 aliphatic carbocycles. The van der Waals surface area contributed by atoms with E-state index in [-0.39, 0.29) is 5.91 Å². The van der Waals surface area contributed by atoms with Crippen molar-refractivity contribution in [2.45, 2.75) is 12.5 Å². The predicted octanol–water partition coefficient (Wildman–Crippen LogP) is 0.765. The molecule has 1 N–H and O–H groups in total. The van der Waals surface area contributed by atoms with Crippen LogP contribution in [-0.4, -0.2) is 35.1 Å². The topological polar surface area (TPSA) is 64.3 Å². The maximum Gasteiger partial charge on any atom is 0.253 e. The van der Waals surface area contributed by atoms with E-state index in [1.165, 1.54) is 0 Å². The molecule has 0 unspecified atom stereocenters. The molecule has 1 aromatic carbocycles. The van der Waals surface area contributed by atoms with Crippen LogP contribution in [0.4, 0.5) is 0 Å². The first-order valence-corrected chi connectivity index (χ1v) is 5.18. The van der Waals surface area contributed by atoms with Gasteiger partial charge in [0.2, 0.25) is 0 Å². The van der Waals surface area contributed by atoms with Crippen molar-refractivity contribution >= 4 is 5.91 Å². The first-order valence-electron chi connectivity index (χ1n) is 5.18. The van der Waals surface area contributed by atoms with Crippen molar-refractivity contribution in [3.05, 3.63) is 35.4 Å². The van der Waals surface area contributed by atoms with E-state index in [4.69, 9.17) is 5.26 Å². The van der Waals surface area contributed by atoms with Crippen molar-refractivity contribution in [1.29, 1.82) is 5.26 Å². The molecular formula is C12H12N2O2. The van der Waals surface area contributed by atoms with Crippen molar-refractivity contribution in [3.8, 4) is 6.07 Å². The Balaban J connectivity index is 2.12. The number of rotatable bonds is 1. The monoisotopic (exact) mass is 216 g/mol. The summed E-state index contributed by atoms with van der Waals surface area (Å²) >= 11 is 0. The second-order valence-corrected chi connectivity index (χ2v) is 3.88. The fraction of sp³-hybridized carbons (Fsp3) is 0.333. The number of aliphatic hydroxyl groups excluding tert-OH is 1. The van der Waals surface area contributed by atoms with Crippen LogP contribution in [0.5, 0.6) is 0 Å². The third kappa shape index (κ3) is 2.05. The number of amides is 1. The standard InChI is InChI=1S/C12H12N2O2/c13-7-9-1-3-10(4-2-9)12(16)14-6-5-11(15)8-14/h1-4,11,15H,5-6,8H2/t11-/m1/s1. The molecule has 0 bridgehead atoms. The summed E-state index contributed by atoms with van der Waals surface area (Å²) in [5.41, 5.74) is 1.10. The fourth-order valence-corrected chi connectivity index (χ4v) is 1.80. The molecule has 4 nitrogen and oxygen atoms in total. The van der Waals surface area contributed by atoms with Gasteiger partial charge >= 0.3 is 0 Å². The van der Waals surface area contributed by atoms with E-state index in [1.807, 2.05) is 6.07 Å². The molecule has 1 aliphatic heterocycles. The first-order chi connectivity index (χ1) is 7.70. The van der Waals surface area contributed by atoms with Gasteiger partial charge in [-0.15, -0.1) is 0 Å². The molecule has 1 fully saturated rings. The zero-order chi connectivity index (χ0) is 11.5. The van der Waals surface area contributed by atoms with Gasteiger partial charge in [0.25, 0.3) is 5.91 Å². The zero-order valence-electron chi connectivity index (χ0n) is 8.76. The number of β-amino-alcohol motifs (C(OH)–C–C–N with tert-alkyl or cyclic N) is 1. The summed E-state index contributed by atoms with van der Waals surface area (Å²) in [7, 11) is 0. The highest BCUT2D eigenvalue weighted by Crippen LogP contribution is 2.13. The molecule has 1 saturated heterocycles. The van der Waals surface area contributed by atoms with E-state index < -0.39 is 6.10 Å². The highest BCUT2D eigenvalue weighted by Gasteiger charge is 2.25. The van der Waals surface area contributed by atoms with Crippen LogP contribution in [0.15, 0.2) is 24.3 Å². The minimum atomic E-state index is -0.401. The van der Waals surface area contributed by atoms with E-state index in [9.17, 15) is 9.90 Å². The molecule has 1 aromatic rings. The Bertz CT molecular complexity index is 433. The van der Waals surface area contributed by atoms with Gasteiger partial charge in [0.15, 0.2) is 0 Å². The van der Waals surface area contributed by atoms with E-state index in [1.54, 1.807) is 29.2 Å². The molecule has 4 heteroatoms. The number of likely N-dealkylation sites (tertiary alicyclic amines) is 1. The van der Waals surface area contributed by atoms with Gasteiger partial charge in [-0.3, -0.25) is 4.79 Å². The summed E-state index contributed by atoms with van der Waals surface area (Å²) in [6.45, 7) is 0.999. The molecule has 0 radical (unpaired) electrons. The number of aliphatic hydroxyl groups is 1. The second-order valence-electron chi connectivity index (χ2n) is 3.88. The maximum absolute atomic E-state index is 11.9. The van der Waals surface area contributed by atoms with Gasteiger partial charge in [0.05, 0.1) is 17.7 Å². The number of nitrogens with zero attached hydrogens (tertiary/aromatic N) is 2. The molecule has 1 atom stereocenters. The zero-order valence-corrected chi connectivity index (χ0v) is 8.76. The lowest BCUT2D eigenvalue weighted by atomic mass is 10.1. The molecule has 0 aromatic heterocycles. The SMILES string of the molecule is N#Cc1ccc(C(=O)N2CC[C@@H](O)C2)cc1. The fourth-order valence-electron chi connectivity index (χ4n) is 1.80. The summed E-state index contributed by atoms with van der Waals surface area (Å²) in [6.07, 6.45) is 0.240. The number of hydrogen-bond donors (Lipinski definition) is 1. The third-order valence-corrected chi connectivity index (χ3v) is 2.71. The molecule has 1 amide bonds. The molecule has 16 heavy (non-hydrogen) atoms. The van der Waals surface area contributed by atoms with Crippen molar-refractivity contribution < 1.29 is 9.90 Å². The quantitative estimate of drug-likeness (QED) is 0.754. The van der Waals surface area contributed by atoms with Crippen LogP contribution in [0.1, 0.15) is 22.3 Å². The Morgan fingerprint density at radius 3 is 2.62 bits per heavy atom. The minimum Gasteiger partial charge on any atom is -0.391 e. The van der Waals surface area contributed by atoms with Gasteiger partial charge in [-0.25, -0.2) is 0 Å².